The molecule has 1 N–H and O–H groups in total. The minimum absolute atomic E-state index is 0.0624. The van der Waals surface area contributed by atoms with Crippen molar-refractivity contribution >= 4 is 5.97 Å². The fraction of sp³-hybridized carbons (Fsp3) is 0.357. The largest absolute Gasteiger partial charge is 0.491 e. The van der Waals surface area contributed by atoms with Crippen LogP contribution in [0.5, 0.6) is 5.75 Å². The average molecular weight is 275 g/mol. The van der Waals surface area contributed by atoms with Crippen LogP contribution in [0.3, 0.4) is 0 Å². The third-order valence-electron chi connectivity index (χ3n) is 3.10. The molecule has 0 saturated heterocycles. The van der Waals surface area contributed by atoms with E-state index in [4.69, 9.17) is 9.84 Å². The van der Waals surface area contributed by atoms with E-state index in [1.807, 2.05) is 26.8 Å². The Balaban J connectivity index is 1.97. The van der Waals surface area contributed by atoms with Gasteiger partial charge in [0, 0.05) is 0 Å². The molecule has 0 aliphatic carbocycles. The molecule has 0 atom stereocenters. The van der Waals surface area contributed by atoms with Crippen molar-refractivity contribution < 1.29 is 14.6 Å². The third kappa shape index (κ3) is 3.14. The number of aryl methyl sites for hydroxylation is 2. The Hall–Kier alpha value is -2.37. The van der Waals surface area contributed by atoms with Crippen LogP contribution in [0.4, 0.5) is 0 Å². The zero-order chi connectivity index (χ0) is 14.7. The number of carboxylic acids is 1. The Morgan fingerprint density at radius 2 is 2.10 bits per heavy atom. The molecule has 0 fully saturated rings. The van der Waals surface area contributed by atoms with E-state index in [2.05, 4.69) is 16.4 Å². The van der Waals surface area contributed by atoms with Gasteiger partial charge < -0.3 is 9.84 Å². The maximum absolute atomic E-state index is 10.7. The van der Waals surface area contributed by atoms with Gasteiger partial charge in [-0.1, -0.05) is 11.3 Å². The molecular weight excluding hydrogens is 258 g/mol. The summed E-state index contributed by atoms with van der Waals surface area (Å²) in [5.41, 5.74) is 3.39. The highest BCUT2D eigenvalue weighted by Crippen LogP contribution is 2.23. The van der Waals surface area contributed by atoms with E-state index in [-0.39, 0.29) is 5.69 Å². The second kappa shape index (κ2) is 5.73. The number of hydrogen-bond donors (Lipinski definition) is 1. The van der Waals surface area contributed by atoms with Crippen LogP contribution in [0.15, 0.2) is 18.3 Å². The van der Waals surface area contributed by atoms with Crippen LogP contribution in [-0.2, 0) is 6.54 Å². The number of benzene rings is 1. The summed E-state index contributed by atoms with van der Waals surface area (Å²) < 4.78 is 7.20. The number of carboxylic acid groups (broad SMARTS) is 1. The molecule has 2 aromatic rings. The van der Waals surface area contributed by atoms with Crippen molar-refractivity contribution in [3.63, 3.8) is 0 Å². The number of aromatic nitrogens is 3. The summed E-state index contributed by atoms with van der Waals surface area (Å²) in [5.74, 6) is -0.233. The Morgan fingerprint density at radius 3 is 2.75 bits per heavy atom. The van der Waals surface area contributed by atoms with Crippen molar-refractivity contribution in [1.82, 2.24) is 15.0 Å². The molecule has 6 nitrogen and oxygen atoms in total. The SMILES string of the molecule is Cc1cc(C)c(C)c(OCCn2cc(C(=O)O)nn2)c1. The summed E-state index contributed by atoms with van der Waals surface area (Å²) in [5, 5.41) is 16.0. The topological polar surface area (TPSA) is 77.2 Å². The predicted molar refractivity (Wildman–Crippen MR) is 73.1 cm³/mol. The Morgan fingerprint density at radius 1 is 1.35 bits per heavy atom. The van der Waals surface area contributed by atoms with Crippen LogP contribution in [0.2, 0.25) is 0 Å². The summed E-state index contributed by atoms with van der Waals surface area (Å²) >= 11 is 0. The van der Waals surface area contributed by atoms with Gasteiger partial charge in [0.15, 0.2) is 5.69 Å². The number of ether oxygens (including phenoxy) is 1. The molecule has 2 rings (SSSR count). The van der Waals surface area contributed by atoms with Gasteiger partial charge in [-0.2, -0.15) is 0 Å². The fourth-order valence-electron chi connectivity index (χ4n) is 1.91. The van der Waals surface area contributed by atoms with Crippen LogP contribution in [0.1, 0.15) is 27.2 Å². The third-order valence-corrected chi connectivity index (χ3v) is 3.10. The maximum Gasteiger partial charge on any atom is 0.358 e. The minimum atomic E-state index is -1.08. The average Bonchev–Trinajstić information content (AvgIpc) is 2.84. The Bertz CT molecular complexity index is 635. The van der Waals surface area contributed by atoms with Crippen LogP contribution in [0.25, 0.3) is 0 Å². The molecule has 0 aliphatic heterocycles. The van der Waals surface area contributed by atoms with Crippen molar-refractivity contribution in [1.29, 1.82) is 0 Å². The first-order valence-electron chi connectivity index (χ1n) is 6.31. The van der Waals surface area contributed by atoms with E-state index in [0.717, 1.165) is 16.9 Å². The molecule has 0 aliphatic rings. The number of carbonyl (C=O) groups is 1. The number of rotatable bonds is 5. The highest BCUT2D eigenvalue weighted by Gasteiger charge is 2.08. The van der Waals surface area contributed by atoms with Gasteiger partial charge >= 0.3 is 5.97 Å². The standard InChI is InChI=1S/C14H17N3O3/c1-9-6-10(2)11(3)13(7-9)20-5-4-17-8-12(14(18)19)15-16-17/h6-8H,4-5H2,1-3H3,(H,18,19). The van der Waals surface area contributed by atoms with Crippen molar-refractivity contribution in [2.24, 2.45) is 0 Å². The molecule has 1 aromatic heterocycles. The van der Waals surface area contributed by atoms with Gasteiger partial charge in [0.2, 0.25) is 0 Å². The van der Waals surface area contributed by atoms with E-state index < -0.39 is 5.97 Å². The first kappa shape index (κ1) is 14.0. The van der Waals surface area contributed by atoms with Gasteiger partial charge in [0.05, 0.1) is 12.7 Å². The van der Waals surface area contributed by atoms with Gasteiger partial charge in [-0.3, -0.25) is 0 Å². The van der Waals surface area contributed by atoms with Gasteiger partial charge in [0.25, 0.3) is 0 Å². The smallest absolute Gasteiger partial charge is 0.358 e. The second-order valence-corrected chi connectivity index (χ2v) is 4.73. The molecule has 0 radical (unpaired) electrons. The normalized spacial score (nSPS) is 10.6. The van der Waals surface area contributed by atoms with Crippen LogP contribution < -0.4 is 4.74 Å². The molecule has 0 amide bonds. The van der Waals surface area contributed by atoms with Crippen molar-refractivity contribution in [3.8, 4) is 5.75 Å². The molecule has 1 aromatic carbocycles. The van der Waals surface area contributed by atoms with E-state index in [1.54, 1.807) is 0 Å². The lowest BCUT2D eigenvalue weighted by molar-refractivity contribution is 0.0690. The lowest BCUT2D eigenvalue weighted by Crippen LogP contribution is -2.09. The molecule has 0 unspecified atom stereocenters. The zero-order valence-electron chi connectivity index (χ0n) is 11.8. The molecule has 0 bridgehead atoms. The molecule has 106 valence electrons. The zero-order valence-corrected chi connectivity index (χ0v) is 11.8. The van der Waals surface area contributed by atoms with E-state index in [9.17, 15) is 4.79 Å². The van der Waals surface area contributed by atoms with Crippen LogP contribution in [-0.4, -0.2) is 32.7 Å². The second-order valence-electron chi connectivity index (χ2n) is 4.73. The quantitative estimate of drug-likeness (QED) is 0.902. The molecule has 0 spiro atoms. The summed E-state index contributed by atoms with van der Waals surface area (Å²) in [6, 6.07) is 4.10. The van der Waals surface area contributed by atoms with E-state index in [1.165, 1.54) is 16.4 Å². The van der Waals surface area contributed by atoms with Crippen molar-refractivity contribution in [3.05, 3.63) is 40.7 Å². The van der Waals surface area contributed by atoms with Crippen LogP contribution in [0, 0.1) is 20.8 Å². The van der Waals surface area contributed by atoms with Crippen LogP contribution >= 0.6 is 0 Å². The predicted octanol–water partition coefficient (Wildman–Crippen LogP) is 1.98. The maximum atomic E-state index is 10.7. The molecule has 6 heteroatoms. The summed E-state index contributed by atoms with van der Waals surface area (Å²) in [4.78, 5) is 10.7. The lowest BCUT2D eigenvalue weighted by atomic mass is 10.1. The summed E-state index contributed by atoms with van der Waals surface area (Å²) in [7, 11) is 0. The van der Waals surface area contributed by atoms with Gasteiger partial charge in [-0.05, 0) is 43.5 Å². The summed E-state index contributed by atoms with van der Waals surface area (Å²) in [6.45, 7) is 6.95. The Labute approximate surface area is 117 Å². The lowest BCUT2D eigenvalue weighted by Gasteiger charge is -2.12. The first-order chi connectivity index (χ1) is 9.47. The Kier molecular flexibility index (Phi) is 4.02. The number of hydrogen-bond acceptors (Lipinski definition) is 4. The number of aromatic carboxylic acids is 1. The monoisotopic (exact) mass is 275 g/mol. The highest BCUT2D eigenvalue weighted by atomic mass is 16.5. The molecule has 20 heavy (non-hydrogen) atoms. The van der Waals surface area contributed by atoms with Gasteiger partial charge in [0.1, 0.15) is 12.4 Å². The van der Waals surface area contributed by atoms with Gasteiger partial charge in [-0.25, -0.2) is 9.48 Å². The number of nitrogens with zero attached hydrogens (tertiary/aromatic N) is 3. The molecular formula is C14H17N3O3. The minimum Gasteiger partial charge on any atom is -0.491 e. The van der Waals surface area contributed by atoms with E-state index in [0.29, 0.717) is 13.2 Å². The first-order valence-corrected chi connectivity index (χ1v) is 6.31. The van der Waals surface area contributed by atoms with E-state index >= 15 is 0 Å². The molecule has 0 saturated carbocycles. The van der Waals surface area contributed by atoms with Crippen molar-refractivity contribution in [2.45, 2.75) is 27.3 Å². The fourth-order valence-corrected chi connectivity index (χ4v) is 1.91. The van der Waals surface area contributed by atoms with Gasteiger partial charge in [-0.15, -0.1) is 5.10 Å². The summed E-state index contributed by atoms with van der Waals surface area (Å²) in [6.07, 6.45) is 1.39. The highest BCUT2D eigenvalue weighted by molar-refractivity contribution is 5.84. The molecule has 1 heterocycles. The van der Waals surface area contributed by atoms with Crippen molar-refractivity contribution in [2.75, 3.05) is 6.61 Å².